The molecule has 1 aliphatic carbocycles. The van der Waals surface area contributed by atoms with Gasteiger partial charge in [0.15, 0.2) is 0 Å². The van der Waals surface area contributed by atoms with Gasteiger partial charge in [-0.2, -0.15) is 0 Å². The molecule has 4 rings (SSSR count). The quantitative estimate of drug-likeness (QED) is 0.489. The summed E-state index contributed by atoms with van der Waals surface area (Å²) in [7, 11) is 0. The number of aliphatic carboxylic acids is 1. The Morgan fingerprint density at radius 3 is 2.15 bits per heavy atom. The average molecular weight is 462 g/mol. The average Bonchev–Trinajstić information content (AvgIpc) is 3.12. The number of hydrogen-bond donors (Lipinski definition) is 3. The number of carbonyl (C=O) groups is 3. The Hall–Kier alpha value is -4.20. The minimum atomic E-state index is -1.60. The van der Waals surface area contributed by atoms with E-state index >= 15 is 0 Å². The monoisotopic (exact) mass is 462 g/mol. The number of nitrogens with one attached hydrogen (secondary N) is 2. The first-order valence-corrected chi connectivity index (χ1v) is 10.6. The van der Waals surface area contributed by atoms with E-state index in [1.54, 1.807) is 0 Å². The van der Waals surface area contributed by atoms with Crippen molar-refractivity contribution in [1.29, 1.82) is 0 Å². The van der Waals surface area contributed by atoms with Crippen molar-refractivity contribution in [2.24, 2.45) is 0 Å². The second kappa shape index (κ2) is 8.97. The minimum Gasteiger partial charge on any atom is -0.480 e. The molecule has 3 N–H and O–H groups in total. The molecule has 7 nitrogen and oxygen atoms in total. The molecule has 3 aromatic carbocycles. The summed E-state index contributed by atoms with van der Waals surface area (Å²) in [6.07, 6.45) is -0.759. The van der Waals surface area contributed by atoms with E-state index in [0.717, 1.165) is 34.4 Å². The van der Waals surface area contributed by atoms with Gasteiger partial charge in [0.1, 0.15) is 18.0 Å². The van der Waals surface area contributed by atoms with Crippen LogP contribution in [0.25, 0.3) is 11.1 Å². The number of hydrogen-bond acceptors (Lipinski definition) is 4. The molecule has 1 aliphatic rings. The van der Waals surface area contributed by atoms with Gasteiger partial charge in [-0.15, -0.1) is 0 Å². The van der Waals surface area contributed by atoms with Gasteiger partial charge in [-0.25, -0.2) is 14.0 Å². The van der Waals surface area contributed by atoms with Crippen LogP contribution in [-0.2, 0) is 9.53 Å². The molecule has 0 unspecified atom stereocenters. The summed E-state index contributed by atoms with van der Waals surface area (Å²) in [5.41, 5.74) is 2.48. The molecule has 174 valence electrons. The highest BCUT2D eigenvalue weighted by Gasteiger charge is 2.31. The van der Waals surface area contributed by atoms with Crippen LogP contribution >= 0.6 is 0 Å². The lowest BCUT2D eigenvalue weighted by atomic mass is 9.98. The van der Waals surface area contributed by atoms with Crippen molar-refractivity contribution in [3.8, 4) is 11.1 Å². The number of fused-ring (bicyclic) bond motifs is 3. The lowest BCUT2D eigenvalue weighted by Crippen LogP contribution is -2.49. The zero-order valence-electron chi connectivity index (χ0n) is 18.6. The van der Waals surface area contributed by atoms with Crippen molar-refractivity contribution in [1.82, 2.24) is 5.32 Å². The topological polar surface area (TPSA) is 105 Å². The van der Waals surface area contributed by atoms with Gasteiger partial charge in [0.2, 0.25) is 0 Å². The summed E-state index contributed by atoms with van der Waals surface area (Å²) in [5.74, 6) is -3.15. The maximum Gasteiger partial charge on any atom is 0.411 e. The Bertz CT molecular complexity index is 1240. The van der Waals surface area contributed by atoms with E-state index in [1.807, 2.05) is 48.5 Å². The Morgan fingerprint density at radius 1 is 0.971 bits per heavy atom. The van der Waals surface area contributed by atoms with Crippen molar-refractivity contribution in [2.75, 3.05) is 11.9 Å². The predicted octanol–water partition coefficient (Wildman–Crippen LogP) is 4.78. The number of anilines is 1. The van der Waals surface area contributed by atoms with E-state index in [4.69, 9.17) is 9.84 Å². The molecule has 2 amide bonds. The summed E-state index contributed by atoms with van der Waals surface area (Å²) >= 11 is 0. The first-order chi connectivity index (χ1) is 16.2. The van der Waals surface area contributed by atoms with Crippen LogP contribution in [0.15, 0.2) is 66.7 Å². The van der Waals surface area contributed by atoms with Crippen LogP contribution in [0, 0.1) is 5.82 Å². The van der Waals surface area contributed by atoms with E-state index in [-0.39, 0.29) is 18.2 Å². The molecule has 0 aliphatic heterocycles. The number of ether oxygens (including phenoxy) is 1. The predicted molar refractivity (Wildman–Crippen MR) is 124 cm³/mol. The van der Waals surface area contributed by atoms with E-state index < -0.39 is 34.9 Å². The molecule has 34 heavy (non-hydrogen) atoms. The molecule has 0 heterocycles. The van der Waals surface area contributed by atoms with Crippen LogP contribution in [0.4, 0.5) is 14.9 Å². The van der Waals surface area contributed by atoms with Gasteiger partial charge in [0.05, 0.1) is 5.56 Å². The SMILES string of the molecule is CC(C)(NC(=O)c1cc(NC(=O)OCC2c3ccccc3-c3ccccc32)ccc1F)C(=O)O. The van der Waals surface area contributed by atoms with Gasteiger partial charge in [-0.3, -0.25) is 10.1 Å². The summed E-state index contributed by atoms with van der Waals surface area (Å²) in [5, 5.41) is 13.9. The fourth-order valence-electron chi connectivity index (χ4n) is 3.93. The zero-order chi connectivity index (χ0) is 24.5. The van der Waals surface area contributed by atoms with Crippen molar-refractivity contribution in [3.05, 3.63) is 89.2 Å². The molecule has 0 bridgehead atoms. The number of halogens is 1. The highest BCUT2D eigenvalue weighted by molar-refractivity contribution is 5.99. The fraction of sp³-hybridized carbons (Fsp3) is 0.192. The first-order valence-electron chi connectivity index (χ1n) is 10.6. The lowest BCUT2D eigenvalue weighted by Gasteiger charge is -2.21. The zero-order valence-corrected chi connectivity index (χ0v) is 18.6. The van der Waals surface area contributed by atoms with Gasteiger partial charge in [0.25, 0.3) is 5.91 Å². The molecular weight excluding hydrogens is 439 g/mol. The van der Waals surface area contributed by atoms with E-state index in [1.165, 1.54) is 19.9 Å². The minimum absolute atomic E-state index is 0.0984. The molecule has 0 radical (unpaired) electrons. The smallest absolute Gasteiger partial charge is 0.411 e. The van der Waals surface area contributed by atoms with Crippen LogP contribution in [0.3, 0.4) is 0 Å². The Kier molecular flexibility index (Phi) is 6.06. The molecule has 0 saturated heterocycles. The summed E-state index contributed by atoms with van der Waals surface area (Å²) in [6, 6.07) is 19.3. The summed E-state index contributed by atoms with van der Waals surface area (Å²) in [4.78, 5) is 36.1. The van der Waals surface area contributed by atoms with Crippen LogP contribution in [-0.4, -0.2) is 35.2 Å². The Balaban J connectivity index is 1.45. The second-order valence-corrected chi connectivity index (χ2v) is 8.53. The number of rotatable bonds is 6. The summed E-state index contributed by atoms with van der Waals surface area (Å²) < 4.78 is 19.7. The number of benzene rings is 3. The normalized spacial score (nSPS) is 12.4. The van der Waals surface area contributed by atoms with E-state index in [2.05, 4.69) is 10.6 Å². The maximum atomic E-state index is 14.2. The number of carbonyl (C=O) groups excluding carboxylic acids is 2. The Morgan fingerprint density at radius 2 is 1.56 bits per heavy atom. The molecule has 0 atom stereocenters. The molecule has 0 aromatic heterocycles. The summed E-state index contributed by atoms with van der Waals surface area (Å²) in [6.45, 7) is 2.66. The number of carboxylic acid groups (broad SMARTS) is 1. The van der Waals surface area contributed by atoms with Crippen LogP contribution in [0.5, 0.6) is 0 Å². The third-order valence-corrected chi connectivity index (χ3v) is 5.76. The van der Waals surface area contributed by atoms with Crippen LogP contribution in [0.1, 0.15) is 41.3 Å². The van der Waals surface area contributed by atoms with Crippen molar-refractivity contribution >= 4 is 23.7 Å². The van der Waals surface area contributed by atoms with Gasteiger partial charge in [0, 0.05) is 11.6 Å². The van der Waals surface area contributed by atoms with Crippen molar-refractivity contribution in [2.45, 2.75) is 25.3 Å². The lowest BCUT2D eigenvalue weighted by molar-refractivity contribution is -0.143. The largest absolute Gasteiger partial charge is 0.480 e. The molecule has 3 aromatic rings. The number of amides is 2. The van der Waals surface area contributed by atoms with E-state index in [0.29, 0.717) is 0 Å². The maximum absolute atomic E-state index is 14.2. The van der Waals surface area contributed by atoms with Gasteiger partial charge >= 0.3 is 12.1 Å². The standard InChI is InChI=1S/C26H23FN2O5/c1-26(2,24(31)32)29-23(30)20-13-15(11-12-22(20)27)28-25(33)34-14-21-18-9-5-3-7-16(18)17-8-4-6-10-19(17)21/h3-13,21H,14H2,1-2H3,(H,28,33)(H,29,30)(H,31,32). The van der Waals surface area contributed by atoms with Crippen LogP contribution in [0.2, 0.25) is 0 Å². The second-order valence-electron chi connectivity index (χ2n) is 8.53. The number of carboxylic acids is 1. The van der Waals surface area contributed by atoms with Gasteiger partial charge < -0.3 is 15.2 Å². The first kappa shape index (κ1) is 23.0. The Labute approximate surface area is 195 Å². The highest BCUT2D eigenvalue weighted by atomic mass is 19.1. The fourth-order valence-corrected chi connectivity index (χ4v) is 3.93. The van der Waals surface area contributed by atoms with Crippen molar-refractivity contribution in [3.63, 3.8) is 0 Å². The van der Waals surface area contributed by atoms with E-state index in [9.17, 15) is 18.8 Å². The highest BCUT2D eigenvalue weighted by Crippen LogP contribution is 2.44. The molecule has 0 spiro atoms. The van der Waals surface area contributed by atoms with Crippen molar-refractivity contribution < 1.29 is 28.6 Å². The van der Waals surface area contributed by atoms with Gasteiger partial charge in [-0.1, -0.05) is 48.5 Å². The molecular formula is C26H23FN2O5. The third kappa shape index (κ3) is 4.47. The van der Waals surface area contributed by atoms with Crippen LogP contribution < -0.4 is 10.6 Å². The molecule has 8 heteroatoms. The molecule has 0 saturated carbocycles. The molecule has 0 fully saturated rings. The van der Waals surface area contributed by atoms with Gasteiger partial charge in [-0.05, 0) is 54.3 Å². The third-order valence-electron chi connectivity index (χ3n) is 5.76.